The molecule has 1 aromatic rings. The standard InChI is InChI=1S/C29H39F3O3/c1-2-3-4-6-19-9-11-20(12-10-19)21-13-15-24-22(17-21)7-5-8-25(24)28(33)35-27-16-14-23(18-26(27)30)34-29(31)32/h2-3,14,16,18-22,24-25,29H,4-13,15,17H2,1H3/b3-2+. The fraction of sp³-hybridized carbons (Fsp3) is 0.690. The zero-order valence-electron chi connectivity index (χ0n) is 20.8. The Morgan fingerprint density at radius 1 is 1.03 bits per heavy atom. The zero-order chi connectivity index (χ0) is 24.8. The second-order valence-corrected chi connectivity index (χ2v) is 10.9. The van der Waals surface area contributed by atoms with Gasteiger partial charge in [0.1, 0.15) is 5.75 Å². The van der Waals surface area contributed by atoms with E-state index in [1.807, 2.05) is 0 Å². The van der Waals surface area contributed by atoms with Crippen molar-refractivity contribution in [3.63, 3.8) is 0 Å². The molecule has 194 valence electrons. The summed E-state index contributed by atoms with van der Waals surface area (Å²) in [7, 11) is 0. The van der Waals surface area contributed by atoms with Gasteiger partial charge >= 0.3 is 12.6 Å². The van der Waals surface area contributed by atoms with Gasteiger partial charge in [-0.1, -0.05) is 37.8 Å². The molecule has 1 aromatic carbocycles. The van der Waals surface area contributed by atoms with Gasteiger partial charge in [-0.2, -0.15) is 8.78 Å². The predicted molar refractivity (Wildman–Crippen MR) is 130 cm³/mol. The molecule has 3 aliphatic carbocycles. The van der Waals surface area contributed by atoms with E-state index in [1.54, 1.807) is 0 Å². The van der Waals surface area contributed by atoms with E-state index in [4.69, 9.17) is 4.74 Å². The van der Waals surface area contributed by atoms with E-state index in [1.165, 1.54) is 63.5 Å². The molecule has 3 nitrogen and oxygen atoms in total. The van der Waals surface area contributed by atoms with Crippen molar-refractivity contribution in [3.05, 3.63) is 36.2 Å². The Morgan fingerprint density at radius 3 is 2.51 bits per heavy atom. The molecule has 0 spiro atoms. The largest absolute Gasteiger partial charge is 0.435 e. The van der Waals surface area contributed by atoms with Crippen LogP contribution in [0.1, 0.15) is 84.0 Å². The number of halogens is 3. The number of benzene rings is 1. The Morgan fingerprint density at radius 2 is 1.80 bits per heavy atom. The SMILES string of the molecule is C/C=C/CCC1CCC(C2CCC3C(CCCC3C(=O)Oc3ccc(OC(F)F)cc3F)C2)CC1. The maximum atomic E-state index is 14.3. The minimum Gasteiger partial charge on any atom is -0.435 e. The topological polar surface area (TPSA) is 35.5 Å². The average Bonchev–Trinajstić information content (AvgIpc) is 2.85. The number of hydrogen-bond acceptors (Lipinski definition) is 3. The van der Waals surface area contributed by atoms with Crippen molar-refractivity contribution in [1.82, 2.24) is 0 Å². The molecule has 6 heteroatoms. The fourth-order valence-electron chi connectivity index (χ4n) is 7.09. The highest BCUT2D eigenvalue weighted by molar-refractivity contribution is 5.75. The molecule has 4 atom stereocenters. The second kappa shape index (κ2) is 12.3. The summed E-state index contributed by atoms with van der Waals surface area (Å²) in [6, 6.07) is 3.22. The third-order valence-corrected chi connectivity index (χ3v) is 8.87. The van der Waals surface area contributed by atoms with Gasteiger partial charge in [0.15, 0.2) is 11.6 Å². The molecule has 3 fully saturated rings. The molecule has 0 amide bonds. The maximum Gasteiger partial charge on any atom is 0.387 e. The van der Waals surface area contributed by atoms with Crippen molar-refractivity contribution in [1.29, 1.82) is 0 Å². The Hall–Kier alpha value is -1.98. The van der Waals surface area contributed by atoms with E-state index in [2.05, 4.69) is 23.8 Å². The quantitative estimate of drug-likeness (QED) is 0.208. The highest BCUT2D eigenvalue weighted by atomic mass is 19.3. The lowest BCUT2D eigenvalue weighted by atomic mass is 9.59. The van der Waals surface area contributed by atoms with Crippen molar-refractivity contribution in [2.24, 2.45) is 35.5 Å². The summed E-state index contributed by atoms with van der Waals surface area (Å²) in [5, 5.41) is 0. The Kier molecular flexibility index (Phi) is 9.18. The lowest BCUT2D eigenvalue weighted by molar-refractivity contribution is -0.144. The monoisotopic (exact) mass is 492 g/mol. The minimum absolute atomic E-state index is 0.214. The molecule has 0 heterocycles. The summed E-state index contributed by atoms with van der Waals surface area (Å²) in [6.45, 7) is -0.942. The van der Waals surface area contributed by atoms with E-state index < -0.39 is 12.4 Å². The third kappa shape index (κ3) is 6.83. The minimum atomic E-state index is -3.03. The van der Waals surface area contributed by atoms with Crippen LogP contribution in [0.15, 0.2) is 30.4 Å². The van der Waals surface area contributed by atoms with Crippen LogP contribution in [0.5, 0.6) is 11.5 Å². The lowest BCUT2D eigenvalue weighted by Crippen LogP contribution is -2.40. The molecule has 0 bridgehead atoms. The van der Waals surface area contributed by atoms with Crippen LogP contribution in [0.2, 0.25) is 0 Å². The van der Waals surface area contributed by atoms with Gasteiger partial charge in [0.25, 0.3) is 0 Å². The number of esters is 1. The van der Waals surface area contributed by atoms with Gasteiger partial charge in [-0.05, 0) is 100 Å². The molecule has 4 rings (SSSR count). The van der Waals surface area contributed by atoms with Crippen molar-refractivity contribution >= 4 is 5.97 Å². The van der Waals surface area contributed by atoms with Crippen molar-refractivity contribution in [2.45, 2.75) is 90.6 Å². The number of rotatable bonds is 8. The number of alkyl halides is 2. The third-order valence-electron chi connectivity index (χ3n) is 8.87. The van der Waals surface area contributed by atoms with Gasteiger partial charge in [-0.15, -0.1) is 0 Å². The second-order valence-electron chi connectivity index (χ2n) is 10.9. The van der Waals surface area contributed by atoms with Crippen LogP contribution >= 0.6 is 0 Å². The number of carbonyl (C=O) groups is 1. The van der Waals surface area contributed by atoms with Gasteiger partial charge in [0.2, 0.25) is 0 Å². The van der Waals surface area contributed by atoms with Crippen LogP contribution in [0, 0.1) is 41.3 Å². The molecule has 0 saturated heterocycles. The maximum absolute atomic E-state index is 14.3. The van der Waals surface area contributed by atoms with Crippen molar-refractivity contribution in [3.8, 4) is 11.5 Å². The molecular formula is C29H39F3O3. The van der Waals surface area contributed by atoms with Crippen molar-refractivity contribution in [2.75, 3.05) is 0 Å². The molecule has 0 radical (unpaired) electrons. The summed E-state index contributed by atoms with van der Waals surface area (Å²) in [5.74, 6) is 1.33. The van der Waals surface area contributed by atoms with Crippen LogP contribution < -0.4 is 9.47 Å². The van der Waals surface area contributed by atoms with E-state index in [0.29, 0.717) is 11.8 Å². The zero-order valence-corrected chi connectivity index (χ0v) is 20.8. The summed E-state index contributed by atoms with van der Waals surface area (Å²) >= 11 is 0. The molecule has 4 unspecified atom stereocenters. The molecule has 0 N–H and O–H groups in total. The molecule has 0 aromatic heterocycles. The lowest BCUT2D eigenvalue weighted by Gasteiger charge is -2.46. The summed E-state index contributed by atoms with van der Waals surface area (Å²) in [4.78, 5) is 13.0. The van der Waals surface area contributed by atoms with E-state index in [9.17, 15) is 18.0 Å². The number of fused-ring (bicyclic) bond motifs is 1. The highest BCUT2D eigenvalue weighted by Gasteiger charge is 2.43. The van der Waals surface area contributed by atoms with Gasteiger partial charge in [-0.25, -0.2) is 4.39 Å². The number of carbonyl (C=O) groups excluding carboxylic acids is 1. The normalized spacial score (nSPS) is 31.3. The van der Waals surface area contributed by atoms with Crippen LogP contribution in [-0.2, 0) is 4.79 Å². The average molecular weight is 493 g/mol. The smallest absolute Gasteiger partial charge is 0.387 e. The Bertz CT molecular complexity index is 863. The Balaban J connectivity index is 1.29. The van der Waals surface area contributed by atoms with E-state index >= 15 is 0 Å². The van der Waals surface area contributed by atoms with Crippen LogP contribution in [0.4, 0.5) is 13.2 Å². The molecule has 3 saturated carbocycles. The van der Waals surface area contributed by atoms with Crippen molar-refractivity contribution < 1.29 is 27.4 Å². The number of hydrogen-bond donors (Lipinski definition) is 0. The number of allylic oxidation sites excluding steroid dienone is 2. The van der Waals surface area contributed by atoms with Crippen LogP contribution in [0.3, 0.4) is 0 Å². The van der Waals surface area contributed by atoms with Gasteiger partial charge in [-0.3, -0.25) is 4.79 Å². The van der Waals surface area contributed by atoms with Gasteiger partial charge in [0, 0.05) is 6.07 Å². The van der Waals surface area contributed by atoms with Crippen LogP contribution in [0.25, 0.3) is 0 Å². The first-order chi connectivity index (χ1) is 16.9. The first-order valence-electron chi connectivity index (χ1n) is 13.5. The summed E-state index contributed by atoms with van der Waals surface area (Å²) in [5.41, 5.74) is 0. The molecule has 0 aliphatic heterocycles. The summed E-state index contributed by atoms with van der Waals surface area (Å²) in [6.07, 6.45) is 18.7. The van der Waals surface area contributed by atoms with E-state index in [0.717, 1.165) is 49.5 Å². The first-order valence-corrected chi connectivity index (χ1v) is 13.5. The molecular weight excluding hydrogens is 453 g/mol. The molecule has 3 aliphatic rings. The van der Waals surface area contributed by atoms with Gasteiger partial charge in [0.05, 0.1) is 5.92 Å². The fourth-order valence-corrected chi connectivity index (χ4v) is 7.09. The first kappa shape index (κ1) is 26.1. The van der Waals surface area contributed by atoms with Crippen LogP contribution in [-0.4, -0.2) is 12.6 Å². The molecule has 35 heavy (non-hydrogen) atoms. The van der Waals surface area contributed by atoms with Gasteiger partial charge < -0.3 is 9.47 Å². The van der Waals surface area contributed by atoms with E-state index in [-0.39, 0.29) is 23.4 Å². The summed E-state index contributed by atoms with van der Waals surface area (Å²) < 4.78 is 48.7. The number of ether oxygens (including phenoxy) is 2. The Labute approximate surface area is 207 Å². The predicted octanol–water partition coefficient (Wildman–Crippen LogP) is 8.33. The highest BCUT2D eigenvalue weighted by Crippen LogP contribution is 2.50.